The Morgan fingerprint density at radius 1 is 1.42 bits per heavy atom. The SMILES string of the molecule is O=C(CCn1cncn1)N1CCCC(C(F)(F)F)C1. The molecule has 1 aliphatic rings. The summed E-state index contributed by atoms with van der Waals surface area (Å²) in [6.07, 6.45) is -0.735. The van der Waals surface area contributed by atoms with Crippen molar-refractivity contribution in [2.45, 2.75) is 32.0 Å². The van der Waals surface area contributed by atoms with Gasteiger partial charge in [0.25, 0.3) is 0 Å². The molecule has 2 heterocycles. The number of carbonyl (C=O) groups excluding carboxylic acids is 1. The zero-order valence-corrected chi connectivity index (χ0v) is 10.3. The van der Waals surface area contributed by atoms with E-state index in [1.54, 1.807) is 0 Å². The van der Waals surface area contributed by atoms with Crippen LogP contribution in [0, 0.1) is 5.92 Å². The molecule has 0 radical (unpaired) electrons. The van der Waals surface area contributed by atoms with E-state index in [1.165, 1.54) is 22.2 Å². The van der Waals surface area contributed by atoms with Crippen LogP contribution in [0.15, 0.2) is 12.7 Å². The Balaban J connectivity index is 1.85. The fraction of sp³-hybridized carbons (Fsp3) is 0.727. The Hall–Kier alpha value is -1.60. The number of carbonyl (C=O) groups is 1. The monoisotopic (exact) mass is 276 g/mol. The molecule has 0 N–H and O–H groups in total. The number of piperidine rings is 1. The molecule has 0 saturated carbocycles. The van der Waals surface area contributed by atoms with Gasteiger partial charge in [-0.3, -0.25) is 9.48 Å². The van der Waals surface area contributed by atoms with E-state index in [4.69, 9.17) is 0 Å². The first-order valence-electron chi connectivity index (χ1n) is 6.13. The summed E-state index contributed by atoms with van der Waals surface area (Å²) in [7, 11) is 0. The van der Waals surface area contributed by atoms with Gasteiger partial charge in [0.15, 0.2) is 0 Å². The van der Waals surface area contributed by atoms with Crippen LogP contribution in [0.3, 0.4) is 0 Å². The number of likely N-dealkylation sites (tertiary alicyclic amines) is 1. The van der Waals surface area contributed by atoms with Crippen molar-refractivity contribution in [3.05, 3.63) is 12.7 Å². The van der Waals surface area contributed by atoms with Crippen LogP contribution in [0.25, 0.3) is 0 Å². The molecule has 1 aromatic rings. The highest BCUT2D eigenvalue weighted by atomic mass is 19.4. The molecule has 19 heavy (non-hydrogen) atoms. The summed E-state index contributed by atoms with van der Waals surface area (Å²) in [5.41, 5.74) is 0. The molecule has 1 atom stereocenters. The summed E-state index contributed by atoms with van der Waals surface area (Å²) in [4.78, 5) is 16.9. The van der Waals surface area contributed by atoms with E-state index in [0.29, 0.717) is 19.5 Å². The van der Waals surface area contributed by atoms with Crippen LogP contribution in [-0.4, -0.2) is 44.8 Å². The van der Waals surface area contributed by atoms with Crippen molar-refractivity contribution in [2.24, 2.45) is 5.92 Å². The van der Waals surface area contributed by atoms with Crippen molar-refractivity contribution in [3.63, 3.8) is 0 Å². The minimum Gasteiger partial charge on any atom is -0.342 e. The van der Waals surface area contributed by atoms with Crippen LogP contribution < -0.4 is 0 Å². The van der Waals surface area contributed by atoms with Gasteiger partial charge in [0.05, 0.1) is 12.5 Å². The molecule has 0 aliphatic carbocycles. The maximum absolute atomic E-state index is 12.6. The first-order chi connectivity index (χ1) is 8.97. The number of halogens is 3. The van der Waals surface area contributed by atoms with Crippen LogP contribution in [0.2, 0.25) is 0 Å². The van der Waals surface area contributed by atoms with E-state index in [9.17, 15) is 18.0 Å². The predicted octanol–water partition coefficient (Wildman–Crippen LogP) is 1.47. The van der Waals surface area contributed by atoms with Crippen LogP contribution in [-0.2, 0) is 11.3 Å². The fourth-order valence-electron chi connectivity index (χ4n) is 2.19. The third-order valence-corrected chi connectivity index (χ3v) is 3.26. The first kappa shape index (κ1) is 13.8. The van der Waals surface area contributed by atoms with Crippen molar-refractivity contribution >= 4 is 5.91 Å². The number of alkyl halides is 3. The fourth-order valence-corrected chi connectivity index (χ4v) is 2.19. The van der Waals surface area contributed by atoms with E-state index in [1.807, 2.05) is 0 Å². The van der Waals surface area contributed by atoms with Crippen molar-refractivity contribution in [1.29, 1.82) is 0 Å². The lowest BCUT2D eigenvalue weighted by Gasteiger charge is -2.33. The molecule has 1 aromatic heterocycles. The number of amides is 1. The van der Waals surface area contributed by atoms with Crippen molar-refractivity contribution in [3.8, 4) is 0 Å². The number of nitrogens with zero attached hydrogens (tertiary/aromatic N) is 4. The number of aryl methyl sites for hydroxylation is 1. The van der Waals surface area contributed by atoms with Gasteiger partial charge in [-0.05, 0) is 12.8 Å². The molecule has 1 saturated heterocycles. The molecule has 0 bridgehead atoms. The van der Waals surface area contributed by atoms with Crippen LogP contribution in [0.5, 0.6) is 0 Å². The van der Waals surface area contributed by atoms with E-state index < -0.39 is 12.1 Å². The Labute approximate surface area is 108 Å². The zero-order chi connectivity index (χ0) is 13.9. The standard InChI is InChI=1S/C11H15F3N4O/c12-11(13,14)9-2-1-4-17(6-9)10(19)3-5-18-8-15-7-16-18/h7-9H,1-6H2. The average molecular weight is 276 g/mol. The third kappa shape index (κ3) is 3.68. The minimum atomic E-state index is -4.22. The quantitative estimate of drug-likeness (QED) is 0.840. The summed E-state index contributed by atoms with van der Waals surface area (Å²) in [5, 5.41) is 3.84. The Morgan fingerprint density at radius 3 is 2.84 bits per heavy atom. The molecule has 2 rings (SSSR count). The number of hydrogen-bond acceptors (Lipinski definition) is 3. The summed E-state index contributed by atoms with van der Waals surface area (Å²) in [6.45, 7) is 0.522. The van der Waals surface area contributed by atoms with Gasteiger partial charge in [0, 0.05) is 19.5 Å². The molecule has 106 valence electrons. The summed E-state index contributed by atoms with van der Waals surface area (Å²) in [5.74, 6) is -1.65. The molecule has 8 heteroatoms. The Morgan fingerprint density at radius 2 is 2.21 bits per heavy atom. The molecule has 5 nitrogen and oxygen atoms in total. The molecule has 1 fully saturated rings. The molecule has 0 spiro atoms. The molecule has 1 unspecified atom stereocenters. The molecule has 1 aliphatic heterocycles. The summed E-state index contributed by atoms with van der Waals surface area (Å²) < 4.78 is 39.4. The van der Waals surface area contributed by atoms with Gasteiger partial charge in [0.2, 0.25) is 5.91 Å². The summed E-state index contributed by atoms with van der Waals surface area (Å²) >= 11 is 0. The number of rotatable bonds is 3. The van der Waals surface area contributed by atoms with Gasteiger partial charge >= 0.3 is 6.18 Å². The van der Waals surface area contributed by atoms with E-state index in [0.717, 1.165) is 0 Å². The van der Waals surface area contributed by atoms with Gasteiger partial charge in [-0.2, -0.15) is 18.3 Å². The van der Waals surface area contributed by atoms with Crippen LogP contribution in [0.1, 0.15) is 19.3 Å². The molecular formula is C11H15F3N4O. The maximum Gasteiger partial charge on any atom is 0.393 e. The van der Waals surface area contributed by atoms with Crippen molar-refractivity contribution in [2.75, 3.05) is 13.1 Å². The topological polar surface area (TPSA) is 51.0 Å². The van der Waals surface area contributed by atoms with Crippen LogP contribution in [0.4, 0.5) is 13.2 Å². The molecule has 1 amide bonds. The van der Waals surface area contributed by atoms with Crippen molar-refractivity contribution < 1.29 is 18.0 Å². The Bertz CT molecular complexity index is 418. The highest BCUT2D eigenvalue weighted by Gasteiger charge is 2.42. The highest BCUT2D eigenvalue weighted by Crippen LogP contribution is 2.33. The zero-order valence-electron chi connectivity index (χ0n) is 10.3. The van der Waals surface area contributed by atoms with Gasteiger partial charge in [-0.1, -0.05) is 0 Å². The lowest BCUT2D eigenvalue weighted by atomic mass is 9.97. The molecule has 0 aromatic carbocycles. The third-order valence-electron chi connectivity index (χ3n) is 3.26. The van der Waals surface area contributed by atoms with E-state index in [2.05, 4.69) is 10.1 Å². The second-order valence-electron chi connectivity index (χ2n) is 4.63. The highest BCUT2D eigenvalue weighted by molar-refractivity contribution is 5.76. The Kier molecular flexibility index (Phi) is 4.06. The average Bonchev–Trinajstić information content (AvgIpc) is 2.88. The second kappa shape index (κ2) is 5.58. The second-order valence-corrected chi connectivity index (χ2v) is 4.63. The van der Waals surface area contributed by atoms with Gasteiger partial charge in [0.1, 0.15) is 12.7 Å². The largest absolute Gasteiger partial charge is 0.393 e. The van der Waals surface area contributed by atoms with E-state index >= 15 is 0 Å². The smallest absolute Gasteiger partial charge is 0.342 e. The minimum absolute atomic E-state index is 0.107. The van der Waals surface area contributed by atoms with Crippen molar-refractivity contribution in [1.82, 2.24) is 19.7 Å². The first-order valence-corrected chi connectivity index (χ1v) is 6.13. The molecular weight excluding hydrogens is 261 g/mol. The number of aromatic nitrogens is 3. The predicted molar refractivity (Wildman–Crippen MR) is 60.0 cm³/mol. The number of hydrogen-bond donors (Lipinski definition) is 0. The van der Waals surface area contributed by atoms with Crippen LogP contribution >= 0.6 is 0 Å². The van der Waals surface area contributed by atoms with Gasteiger partial charge in [-0.25, -0.2) is 4.98 Å². The van der Waals surface area contributed by atoms with Gasteiger partial charge < -0.3 is 4.90 Å². The lowest BCUT2D eigenvalue weighted by Crippen LogP contribution is -2.44. The van der Waals surface area contributed by atoms with Gasteiger partial charge in [-0.15, -0.1) is 0 Å². The normalized spacial score (nSPS) is 20.6. The summed E-state index contributed by atoms with van der Waals surface area (Å²) in [6, 6.07) is 0. The maximum atomic E-state index is 12.6. The lowest BCUT2D eigenvalue weighted by molar-refractivity contribution is -0.188. The van der Waals surface area contributed by atoms with E-state index in [-0.39, 0.29) is 25.3 Å².